The van der Waals surface area contributed by atoms with Crippen LogP contribution in [0.15, 0.2) is 40.7 Å². The number of aliphatic hydroxyl groups is 1. The molecule has 0 spiro atoms. The average Bonchev–Trinajstić information content (AvgIpc) is 2.88. The van der Waals surface area contributed by atoms with Crippen LogP contribution in [0.4, 0.5) is 4.48 Å². The van der Waals surface area contributed by atoms with Crippen LogP contribution in [0.5, 0.6) is 0 Å². The summed E-state index contributed by atoms with van der Waals surface area (Å²) in [5.74, 6) is -1.39. The van der Waals surface area contributed by atoms with Crippen LogP contribution in [-0.2, 0) is 19.0 Å². The zero-order valence-corrected chi connectivity index (χ0v) is 14.7. The maximum atomic E-state index is 14.6. The highest BCUT2D eigenvalue weighted by Gasteiger charge is 2.53. The zero-order chi connectivity index (χ0) is 19.4. The number of aliphatic hydroxyl groups excluding tert-OH is 1. The van der Waals surface area contributed by atoms with Crippen LogP contribution in [-0.4, -0.2) is 65.0 Å². The Bertz CT molecular complexity index is 663. The van der Waals surface area contributed by atoms with Gasteiger partial charge in [-0.3, -0.25) is 0 Å². The highest BCUT2D eigenvalue weighted by molar-refractivity contribution is 5.73. The van der Waals surface area contributed by atoms with Gasteiger partial charge in [-0.1, -0.05) is 34.8 Å². The average molecular weight is 383 g/mol. The molecule has 2 fully saturated rings. The molecule has 2 heterocycles. The van der Waals surface area contributed by atoms with Gasteiger partial charge in [-0.25, -0.2) is 4.79 Å². The van der Waals surface area contributed by atoms with E-state index in [-0.39, 0.29) is 24.8 Å². The molecule has 148 valence electrons. The minimum absolute atomic E-state index is 0.0440. The predicted molar refractivity (Wildman–Crippen MR) is 89.1 cm³/mol. The van der Waals surface area contributed by atoms with Crippen molar-refractivity contribution >= 4 is 5.97 Å². The van der Waals surface area contributed by atoms with Crippen LogP contribution < -0.4 is 0 Å². The lowest BCUT2D eigenvalue weighted by atomic mass is 9.91. The van der Waals surface area contributed by atoms with Gasteiger partial charge in [0.1, 0.15) is 18.2 Å². The first kappa shape index (κ1) is 19.6. The highest BCUT2D eigenvalue weighted by atomic mass is 19.2. The summed E-state index contributed by atoms with van der Waals surface area (Å²) in [5.41, 5.74) is 0.715. The second kappa shape index (κ2) is 8.70. The lowest BCUT2D eigenvalue weighted by Gasteiger charge is -2.43. The predicted octanol–water partition coefficient (Wildman–Crippen LogP) is 1.65. The molecule has 9 nitrogen and oxygen atoms in total. The van der Waals surface area contributed by atoms with Crippen molar-refractivity contribution < 1.29 is 33.7 Å². The molecule has 3 rings (SSSR count). The van der Waals surface area contributed by atoms with Crippen molar-refractivity contribution in [1.29, 1.82) is 0 Å². The fraction of sp³-hybridized carbons (Fsp3) is 0.588. The summed E-state index contributed by atoms with van der Waals surface area (Å²) < 4.78 is 31.8. The summed E-state index contributed by atoms with van der Waals surface area (Å²) in [6, 6.07) is 7.64. The molecule has 2 saturated heterocycles. The van der Waals surface area contributed by atoms with Crippen LogP contribution in [0.1, 0.15) is 25.2 Å². The summed E-state index contributed by atoms with van der Waals surface area (Å²) in [5, 5.41) is 26.7. The van der Waals surface area contributed by atoms with E-state index in [4.69, 9.17) is 14.2 Å². The van der Waals surface area contributed by atoms with E-state index >= 15 is 0 Å². The third-order valence-electron chi connectivity index (χ3n) is 4.49. The Morgan fingerprint density at radius 2 is 2.07 bits per heavy atom. The zero-order valence-electron chi connectivity index (χ0n) is 14.7. The van der Waals surface area contributed by atoms with Gasteiger partial charge in [0.15, 0.2) is 12.4 Å². The number of aliphatic carboxylic acids is 1. The van der Waals surface area contributed by atoms with Gasteiger partial charge in [0.05, 0.1) is 19.3 Å². The first-order chi connectivity index (χ1) is 13.0. The Kier molecular flexibility index (Phi) is 6.32. The molecule has 0 unspecified atom stereocenters. The SMILES string of the molecule is CCN=NN(F)[C@@H]1[C@@H](O)[C@H](C(=O)O)O[C@@H]2CCO[C@H](c3ccccc3)O[C@H]12. The number of hydrogen-bond acceptors (Lipinski definition) is 7. The number of benzene rings is 1. The van der Waals surface area contributed by atoms with Crippen molar-refractivity contribution in [1.82, 2.24) is 5.23 Å². The van der Waals surface area contributed by atoms with E-state index in [0.717, 1.165) is 0 Å². The molecule has 0 aromatic heterocycles. The van der Waals surface area contributed by atoms with Gasteiger partial charge in [0.25, 0.3) is 0 Å². The van der Waals surface area contributed by atoms with Crippen LogP contribution in [0.2, 0.25) is 0 Å². The molecule has 2 aliphatic rings. The number of fused-ring (bicyclic) bond motifs is 1. The Morgan fingerprint density at radius 3 is 2.74 bits per heavy atom. The topological polar surface area (TPSA) is 113 Å². The molecule has 0 bridgehead atoms. The van der Waals surface area contributed by atoms with Crippen LogP contribution in [0, 0.1) is 0 Å². The minimum atomic E-state index is -1.71. The van der Waals surface area contributed by atoms with Crippen LogP contribution in [0.3, 0.4) is 0 Å². The van der Waals surface area contributed by atoms with Gasteiger partial charge in [-0.05, 0) is 18.6 Å². The lowest BCUT2D eigenvalue weighted by Crippen LogP contribution is -2.63. The third kappa shape index (κ3) is 4.24. The first-order valence-corrected chi connectivity index (χ1v) is 8.73. The number of carbonyl (C=O) groups is 1. The maximum Gasteiger partial charge on any atom is 0.335 e. The number of carboxylic acid groups (broad SMARTS) is 1. The molecule has 2 aliphatic heterocycles. The number of carboxylic acids is 1. The quantitative estimate of drug-likeness (QED) is 0.451. The van der Waals surface area contributed by atoms with Crippen LogP contribution in [0.25, 0.3) is 0 Å². The highest BCUT2D eigenvalue weighted by Crippen LogP contribution is 2.36. The summed E-state index contributed by atoms with van der Waals surface area (Å²) >= 11 is 0. The molecule has 0 amide bonds. The van der Waals surface area contributed by atoms with Crippen molar-refractivity contribution in [2.45, 2.75) is 50.1 Å². The van der Waals surface area contributed by atoms with Gasteiger partial charge in [0.2, 0.25) is 0 Å². The molecule has 27 heavy (non-hydrogen) atoms. The molecule has 0 radical (unpaired) electrons. The van der Waals surface area contributed by atoms with Gasteiger partial charge < -0.3 is 24.4 Å². The van der Waals surface area contributed by atoms with Gasteiger partial charge in [-0.2, -0.15) is 5.11 Å². The summed E-state index contributed by atoms with van der Waals surface area (Å²) in [6.45, 7) is 2.12. The second-order valence-electron chi connectivity index (χ2n) is 6.25. The van der Waals surface area contributed by atoms with E-state index in [9.17, 15) is 19.5 Å². The summed E-state index contributed by atoms with van der Waals surface area (Å²) in [4.78, 5) is 11.4. The molecule has 10 heteroatoms. The van der Waals surface area contributed by atoms with Gasteiger partial charge in [-0.15, -0.1) is 5.23 Å². The van der Waals surface area contributed by atoms with E-state index in [0.29, 0.717) is 5.56 Å². The fourth-order valence-corrected chi connectivity index (χ4v) is 3.23. The van der Waals surface area contributed by atoms with Gasteiger partial charge in [0, 0.05) is 5.56 Å². The molecular formula is C17H22FN3O6. The Hall–Kier alpha value is -2.14. The number of halogens is 1. The fourth-order valence-electron chi connectivity index (χ4n) is 3.23. The van der Waals surface area contributed by atoms with E-state index in [1.807, 2.05) is 18.2 Å². The standard InChI is InChI=1S/C17H22FN3O6/c1-2-19-20-21(18)12-13(22)15(16(23)24)26-11-8-9-25-17(27-14(11)12)10-6-4-3-5-7-10/h3-7,11-15,17,22H,2,8-9H2,1H3,(H,23,24)/t11-,12-,13-,14+,15-,17+/m1/s1. The van der Waals surface area contributed by atoms with Crippen molar-refractivity contribution in [2.75, 3.05) is 13.2 Å². The molecular weight excluding hydrogens is 361 g/mol. The lowest BCUT2D eigenvalue weighted by molar-refractivity contribution is -0.268. The summed E-state index contributed by atoms with van der Waals surface area (Å²) in [7, 11) is 0. The second-order valence-corrected chi connectivity index (χ2v) is 6.25. The van der Waals surface area contributed by atoms with Crippen molar-refractivity contribution in [3.63, 3.8) is 0 Å². The van der Waals surface area contributed by atoms with E-state index in [1.54, 1.807) is 19.1 Å². The smallest absolute Gasteiger partial charge is 0.335 e. The molecule has 0 aliphatic carbocycles. The number of nitrogens with zero attached hydrogens (tertiary/aromatic N) is 3. The van der Waals surface area contributed by atoms with Crippen molar-refractivity contribution in [3.8, 4) is 0 Å². The first-order valence-electron chi connectivity index (χ1n) is 8.73. The van der Waals surface area contributed by atoms with E-state index in [1.165, 1.54) is 0 Å². The Morgan fingerprint density at radius 1 is 1.33 bits per heavy atom. The van der Waals surface area contributed by atoms with E-state index in [2.05, 4.69) is 10.3 Å². The van der Waals surface area contributed by atoms with Gasteiger partial charge >= 0.3 is 5.97 Å². The molecule has 1 aromatic carbocycles. The number of rotatable bonds is 5. The normalized spacial score (nSPS) is 34.0. The number of hydrogen-bond donors (Lipinski definition) is 2. The maximum absolute atomic E-state index is 14.6. The largest absolute Gasteiger partial charge is 0.479 e. The van der Waals surface area contributed by atoms with E-state index < -0.39 is 42.7 Å². The van der Waals surface area contributed by atoms with Crippen molar-refractivity contribution in [2.24, 2.45) is 10.3 Å². The third-order valence-corrected chi connectivity index (χ3v) is 4.49. The Labute approximate surface area is 155 Å². The molecule has 6 atom stereocenters. The number of ether oxygens (including phenoxy) is 3. The summed E-state index contributed by atoms with van der Waals surface area (Å²) in [6.07, 6.45) is -5.65. The monoisotopic (exact) mass is 383 g/mol. The molecule has 0 saturated carbocycles. The Balaban J connectivity index is 1.90. The van der Waals surface area contributed by atoms with Crippen molar-refractivity contribution in [3.05, 3.63) is 35.9 Å². The molecule has 2 N–H and O–H groups in total. The molecule has 1 aromatic rings. The van der Waals surface area contributed by atoms with Crippen LogP contribution >= 0.6 is 0 Å². The minimum Gasteiger partial charge on any atom is -0.479 e.